The molecule has 0 amide bonds. The zero-order valence-electron chi connectivity index (χ0n) is 53.4. The molecular formula is C77H122O6. The molecule has 83 heavy (non-hydrogen) atoms. The summed E-state index contributed by atoms with van der Waals surface area (Å²) in [6, 6.07) is 0. The van der Waals surface area contributed by atoms with E-state index in [9.17, 15) is 14.4 Å². The third kappa shape index (κ3) is 67.4. The van der Waals surface area contributed by atoms with E-state index in [1.807, 2.05) is 6.08 Å². The van der Waals surface area contributed by atoms with E-state index in [1.54, 1.807) is 6.08 Å². The third-order valence-electron chi connectivity index (χ3n) is 13.7. The van der Waals surface area contributed by atoms with Crippen LogP contribution in [0.2, 0.25) is 0 Å². The third-order valence-corrected chi connectivity index (χ3v) is 13.7. The minimum atomic E-state index is -0.836. The maximum absolute atomic E-state index is 12.9. The largest absolute Gasteiger partial charge is 0.462 e. The summed E-state index contributed by atoms with van der Waals surface area (Å²) in [6.45, 7) is 6.30. The quantitative estimate of drug-likeness (QED) is 0.0261. The summed E-state index contributed by atoms with van der Waals surface area (Å²) < 4.78 is 16.8. The highest BCUT2D eigenvalue weighted by Gasteiger charge is 2.19. The van der Waals surface area contributed by atoms with Gasteiger partial charge in [-0.2, -0.15) is 0 Å². The molecule has 0 aromatic rings. The minimum absolute atomic E-state index is 0.117. The van der Waals surface area contributed by atoms with Crippen molar-refractivity contribution in [2.75, 3.05) is 13.2 Å². The molecule has 0 aromatic heterocycles. The lowest BCUT2D eigenvalue weighted by Gasteiger charge is -2.18. The molecule has 0 radical (unpaired) electrons. The number of esters is 3. The molecule has 0 saturated heterocycles. The van der Waals surface area contributed by atoms with E-state index >= 15 is 0 Å². The lowest BCUT2D eigenvalue weighted by Crippen LogP contribution is -2.30. The Morgan fingerprint density at radius 3 is 0.843 bits per heavy atom. The van der Waals surface area contributed by atoms with Crippen molar-refractivity contribution in [3.05, 3.63) is 170 Å². The first-order valence-electron chi connectivity index (χ1n) is 33.6. The summed E-state index contributed by atoms with van der Waals surface area (Å²) in [5.41, 5.74) is 0. The first-order chi connectivity index (χ1) is 41.0. The second-order valence-electron chi connectivity index (χ2n) is 21.6. The summed E-state index contributed by atoms with van der Waals surface area (Å²) in [5.74, 6) is -1.07. The van der Waals surface area contributed by atoms with Crippen LogP contribution in [0.3, 0.4) is 0 Å². The number of rotatable bonds is 59. The van der Waals surface area contributed by atoms with Gasteiger partial charge in [-0.1, -0.05) is 294 Å². The highest BCUT2D eigenvalue weighted by molar-refractivity contribution is 5.72. The van der Waals surface area contributed by atoms with Gasteiger partial charge in [0, 0.05) is 12.8 Å². The molecule has 6 nitrogen and oxygen atoms in total. The van der Waals surface area contributed by atoms with Gasteiger partial charge >= 0.3 is 17.9 Å². The Morgan fingerprint density at radius 1 is 0.265 bits per heavy atom. The maximum Gasteiger partial charge on any atom is 0.309 e. The fraction of sp³-hybridized carbons (Fsp3) is 0.597. The van der Waals surface area contributed by atoms with E-state index < -0.39 is 12.1 Å². The van der Waals surface area contributed by atoms with E-state index in [4.69, 9.17) is 14.2 Å². The van der Waals surface area contributed by atoms with Crippen LogP contribution in [0.25, 0.3) is 0 Å². The van der Waals surface area contributed by atoms with Gasteiger partial charge < -0.3 is 14.2 Å². The molecule has 1 atom stereocenters. The second kappa shape index (κ2) is 69.3. The maximum atomic E-state index is 12.9. The number of hydrogen-bond acceptors (Lipinski definition) is 6. The Hall–Kier alpha value is -5.23. The molecule has 0 aromatic carbocycles. The molecule has 0 bridgehead atoms. The summed E-state index contributed by atoms with van der Waals surface area (Å²) >= 11 is 0. The molecule has 0 aliphatic carbocycles. The van der Waals surface area contributed by atoms with Gasteiger partial charge in [0.2, 0.25) is 0 Å². The molecule has 0 saturated carbocycles. The van der Waals surface area contributed by atoms with Crippen molar-refractivity contribution in [1.29, 1.82) is 0 Å². The molecule has 0 spiro atoms. The highest BCUT2D eigenvalue weighted by atomic mass is 16.6. The second-order valence-corrected chi connectivity index (χ2v) is 21.6. The van der Waals surface area contributed by atoms with E-state index in [2.05, 4.69) is 179 Å². The normalized spacial score (nSPS) is 13.2. The van der Waals surface area contributed by atoms with E-state index in [-0.39, 0.29) is 31.6 Å². The number of hydrogen-bond donors (Lipinski definition) is 0. The number of carbonyl (C=O) groups excluding carboxylic acids is 3. The molecule has 0 aliphatic heterocycles. The first-order valence-corrected chi connectivity index (χ1v) is 33.6. The van der Waals surface area contributed by atoms with Crippen LogP contribution in [0.4, 0.5) is 0 Å². The minimum Gasteiger partial charge on any atom is -0.462 e. The first kappa shape index (κ1) is 77.8. The fourth-order valence-corrected chi connectivity index (χ4v) is 8.76. The summed E-state index contributed by atoms with van der Waals surface area (Å²) in [5, 5.41) is 0. The molecule has 0 fully saturated rings. The van der Waals surface area contributed by atoms with E-state index in [0.717, 1.165) is 135 Å². The van der Waals surface area contributed by atoms with Crippen molar-refractivity contribution in [3.8, 4) is 0 Å². The van der Waals surface area contributed by atoms with Gasteiger partial charge in [0.15, 0.2) is 6.10 Å². The van der Waals surface area contributed by atoms with Crippen LogP contribution in [-0.2, 0) is 28.6 Å². The molecule has 0 rings (SSSR count). The van der Waals surface area contributed by atoms with Crippen molar-refractivity contribution in [2.45, 2.75) is 284 Å². The average Bonchev–Trinajstić information content (AvgIpc) is 3.49. The van der Waals surface area contributed by atoms with Crippen molar-refractivity contribution >= 4 is 17.9 Å². The number of ether oxygens (including phenoxy) is 3. The molecular weight excluding hydrogens is 1020 g/mol. The van der Waals surface area contributed by atoms with Crippen LogP contribution < -0.4 is 0 Å². The van der Waals surface area contributed by atoms with Gasteiger partial charge in [-0.05, 0) is 135 Å². The number of unbranched alkanes of at least 4 members (excludes halogenated alkanes) is 21. The Kier molecular flexibility index (Phi) is 64.9. The van der Waals surface area contributed by atoms with Crippen LogP contribution >= 0.6 is 0 Å². The molecule has 0 aliphatic rings. The van der Waals surface area contributed by atoms with Gasteiger partial charge in [0.05, 0.1) is 6.42 Å². The molecule has 1 unspecified atom stereocenters. The fourth-order valence-electron chi connectivity index (χ4n) is 8.76. The Bertz CT molecular complexity index is 1890. The predicted molar refractivity (Wildman–Crippen MR) is 361 cm³/mol. The summed E-state index contributed by atoms with van der Waals surface area (Å²) in [4.78, 5) is 38.3. The monoisotopic (exact) mass is 1140 g/mol. The standard InChI is InChI=1S/C77H122O6/c1-4-7-10-13-16-19-22-25-28-30-32-34-35-36-37-38-39-40-41-43-44-46-49-52-55-58-61-64-67-70-76(79)82-73-74(72-81-75(78)69-66-63-60-57-54-51-48-27-24-21-18-15-12-9-6-3)83-77(80)71-68-65-62-59-56-53-50-47-45-42-33-31-29-26-23-20-17-14-11-8-5-2/h7,9-10,12,16,18-19,21,23,25-28,31-34,36-37,39-40,43-44,48,54,57,63,66,74H,4-6,8,11,13-15,17,20,22,24,29-30,35,38,41-42,45-47,49-53,55-56,58-62,64-65,67-73H2,1-3H3/b10-7-,12-9-,19-16-,21-18-,26-23-,28-25-,33-31-,34-32-,37-36-,40-39-,44-43-,48-27-,57-54-,66-63-. The zero-order chi connectivity index (χ0) is 59.9. The average molecular weight is 1140 g/mol. The SMILES string of the molecule is CC/C=C\C/C=C\C/C=C\C/C=C\C/C=C\C/C=C\C/C=C\CCCCCCCCCC(=O)OCC(COC(=O)C/C=C\C/C=C\C/C=C\C/C=C\C/C=C\CC)OC(=O)CCCCCCCCCCC/C=C\C/C=C\CCCCCCC. The number of carbonyl (C=O) groups is 3. The smallest absolute Gasteiger partial charge is 0.309 e. The van der Waals surface area contributed by atoms with Crippen molar-refractivity contribution < 1.29 is 28.6 Å². The van der Waals surface area contributed by atoms with Crippen LogP contribution in [-0.4, -0.2) is 37.2 Å². The Labute approximate surface area is 511 Å². The van der Waals surface area contributed by atoms with Crippen LogP contribution in [0, 0.1) is 0 Å². The van der Waals surface area contributed by atoms with Gasteiger partial charge in [-0.15, -0.1) is 0 Å². The molecule has 0 N–H and O–H groups in total. The summed E-state index contributed by atoms with van der Waals surface area (Å²) in [6.07, 6.45) is 102. The highest BCUT2D eigenvalue weighted by Crippen LogP contribution is 2.15. The topological polar surface area (TPSA) is 78.9 Å². The molecule has 0 heterocycles. The van der Waals surface area contributed by atoms with E-state index in [1.165, 1.54) is 103 Å². The molecule has 466 valence electrons. The summed E-state index contributed by atoms with van der Waals surface area (Å²) in [7, 11) is 0. The van der Waals surface area contributed by atoms with Gasteiger partial charge in [-0.25, -0.2) is 0 Å². The Morgan fingerprint density at radius 2 is 0.518 bits per heavy atom. The lowest BCUT2D eigenvalue weighted by molar-refractivity contribution is -0.166. The number of allylic oxidation sites excluding steroid dienone is 27. The lowest BCUT2D eigenvalue weighted by atomic mass is 10.1. The molecule has 6 heteroatoms. The zero-order valence-corrected chi connectivity index (χ0v) is 53.4. The van der Waals surface area contributed by atoms with Crippen LogP contribution in [0.15, 0.2) is 170 Å². The van der Waals surface area contributed by atoms with Crippen LogP contribution in [0.1, 0.15) is 278 Å². The van der Waals surface area contributed by atoms with Gasteiger partial charge in [0.25, 0.3) is 0 Å². The Balaban J connectivity index is 4.46. The van der Waals surface area contributed by atoms with Crippen molar-refractivity contribution in [3.63, 3.8) is 0 Å². The van der Waals surface area contributed by atoms with Gasteiger partial charge in [0.1, 0.15) is 13.2 Å². The van der Waals surface area contributed by atoms with Crippen LogP contribution in [0.5, 0.6) is 0 Å². The van der Waals surface area contributed by atoms with Gasteiger partial charge in [-0.3, -0.25) is 14.4 Å². The van der Waals surface area contributed by atoms with Crippen molar-refractivity contribution in [1.82, 2.24) is 0 Å². The van der Waals surface area contributed by atoms with Crippen molar-refractivity contribution in [2.24, 2.45) is 0 Å². The van der Waals surface area contributed by atoms with E-state index in [0.29, 0.717) is 12.8 Å². The predicted octanol–water partition coefficient (Wildman–Crippen LogP) is 23.4.